The largest absolute Gasteiger partial charge is 0.309 e. The highest BCUT2D eigenvalue weighted by Gasteiger charge is 2.19. The van der Waals surface area contributed by atoms with Crippen LogP contribution in [0.5, 0.6) is 0 Å². The fourth-order valence-corrected chi connectivity index (χ4v) is 2.68. The molecule has 5 nitrogen and oxygen atoms in total. The van der Waals surface area contributed by atoms with Gasteiger partial charge >= 0.3 is 0 Å². The minimum atomic E-state index is 0.725. The van der Waals surface area contributed by atoms with Crippen LogP contribution in [0, 0.1) is 4.77 Å². The minimum Gasteiger partial charge on any atom is -0.309 e. The number of hydrogen-bond acceptors (Lipinski definition) is 4. The van der Waals surface area contributed by atoms with Crippen molar-refractivity contribution in [1.29, 1.82) is 0 Å². The van der Waals surface area contributed by atoms with Gasteiger partial charge in [0, 0.05) is 26.3 Å². The molecule has 19 heavy (non-hydrogen) atoms. The standard InChI is InChI=1S/C13H17N5S/c1-16-13(19)18(17-9-5-2-6-10-17)12(15-16)11-7-3-4-8-14-11/h3-4,7-8H,2,5-6,9-10H2,1H3. The summed E-state index contributed by atoms with van der Waals surface area (Å²) in [7, 11) is 1.88. The molecule has 1 fully saturated rings. The van der Waals surface area contributed by atoms with E-state index in [1.165, 1.54) is 19.3 Å². The van der Waals surface area contributed by atoms with E-state index in [-0.39, 0.29) is 0 Å². The Morgan fingerprint density at radius 1 is 1.16 bits per heavy atom. The van der Waals surface area contributed by atoms with Gasteiger partial charge in [0.05, 0.1) is 0 Å². The van der Waals surface area contributed by atoms with Gasteiger partial charge < -0.3 is 5.01 Å². The summed E-state index contributed by atoms with van der Waals surface area (Å²) in [5.41, 5.74) is 0.861. The van der Waals surface area contributed by atoms with Crippen molar-refractivity contribution in [2.24, 2.45) is 7.05 Å². The highest BCUT2D eigenvalue weighted by molar-refractivity contribution is 7.71. The molecule has 3 heterocycles. The number of piperidine rings is 1. The summed E-state index contributed by atoms with van der Waals surface area (Å²) in [6.07, 6.45) is 5.49. The number of hydrogen-bond donors (Lipinski definition) is 0. The summed E-state index contributed by atoms with van der Waals surface area (Å²) in [4.78, 5) is 4.39. The van der Waals surface area contributed by atoms with Gasteiger partial charge in [-0.3, -0.25) is 4.98 Å². The molecule has 0 N–H and O–H groups in total. The first kappa shape index (κ1) is 12.3. The summed E-state index contributed by atoms with van der Waals surface area (Å²) < 4.78 is 4.51. The molecule has 0 radical (unpaired) electrons. The average molecular weight is 275 g/mol. The van der Waals surface area contributed by atoms with Crippen LogP contribution in [0.15, 0.2) is 24.4 Å². The van der Waals surface area contributed by atoms with Gasteiger partial charge in [-0.15, -0.1) is 5.10 Å². The Labute approximate surface area is 117 Å². The van der Waals surface area contributed by atoms with Crippen molar-refractivity contribution in [3.8, 4) is 11.5 Å². The predicted molar refractivity (Wildman–Crippen MR) is 77.1 cm³/mol. The molecule has 1 aliphatic heterocycles. The molecule has 100 valence electrons. The fourth-order valence-electron chi connectivity index (χ4n) is 2.44. The monoisotopic (exact) mass is 275 g/mol. The van der Waals surface area contributed by atoms with Crippen LogP contribution >= 0.6 is 12.2 Å². The second kappa shape index (κ2) is 5.13. The van der Waals surface area contributed by atoms with E-state index < -0.39 is 0 Å². The van der Waals surface area contributed by atoms with E-state index in [9.17, 15) is 0 Å². The summed E-state index contributed by atoms with van der Waals surface area (Å²) in [5.74, 6) is 0.829. The molecule has 0 unspecified atom stereocenters. The summed E-state index contributed by atoms with van der Waals surface area (Å²) in [6.45, 7) is 2.06. The smallest absolute Gasteiger partial charge is 0.217 e. The molecule has 1 saturated heterocycles. The Morgan fingerprint density at radius 2 is 1.95 bits per heavy atom. The number of pyridine rings is 1. The predicted octanol–water partition coefficient (Wildman–Crippen LogP) is 2.13. The number of nitrogens with zero attached hydrogens (tertiary/aromatic N) is 5. The maximum atomic E-state index is 5.49. The van der Waals surface area contributed by atoms with Gasteiger partial charge in [0.2, 0.25) is 4.77 Å². The molecular weight excluding hydrogens is 258 g/mol. The topological polar surface area (TPSA) is 38.9 Å². The summed E-state index contributed by atoms with van der Waals surface area (Å²) in [5, 5.41) is 6.81. The zero-order valence-corrected chi connectivity index (χ0v) is 11.8. The molecule has 1 aliphatic rings. The van der Waals surface area contributed by atoms with Crippen LogP contribution in [0.3, 0.4) is 0 Å². The van der Waals surface area contributed by atoms with E-state index in [2.05, 4.69) is 15.1 Å². The normalized spacial score (nSPS) is 15.7. The molecule has 0 aromatic carbocycles. The second-order valence-electron chi connectivity index (χ2n) is 4.77. The molecular formula is C13H17N5S. The van der Waals surface area contributed by atoms with Crippen LogP contribution in [0.25, 0.3) is 11.5 Å². The Bertz CT molecular complexity index is 610. The van der Waals surface area contributed by atoms with Crippen molar-refractivity contribution in [3.63, 3.8) is 0 Å². The number of aryl methyl sites for hydroxylation is 1. The van der Waals surface area contributed by atoms with Crippen molar-refractivity contribution in [2.75, 3.05) is 18.1 Å². The van der Waals surface area contributed by atoms with Gasteiger partial charge in [-0.1, -0.05) is 6.07 Å². The van der Waals surface area contributed by atoms with E-state index in [0.717, 1.165) is 29.4 Å². The van der Waals surface area contributed by atoms with Crippen LogP contribution in [0.4, 0.5) is 0 Å². The van der Waals surface area contributed by atoms with Crippen molar-refractivity contribution in [3.05, 3.63) is 29.2 Å². The fraction of sp³-hybridized carbons (Fsp3) is 0.462. The summed E-state index contributed by atoms with van der Waals surface area (Å²) >= 11 is 5.49. The maximum absolute atomic E-state index is 5.49. The number of aromatic nitrogens is 4. The molecule has 2 aromatic rings. The van der Waals surface area contributed by atoms with E-state index in [1.807, 2.05) is 29.9 Å². The molecule has 0 saturated carbocycles. The number of rotatable bonds is 2. The Balaban J connectivity index is 2.10. The first-order valence-corrected chi connectivity index (χ1v) is 7.01. The molecule has 2 aromatic heterocycles. The van der Waals surface area contributed by atoms with E-state index in [1.54, 1.807) is 10.9 Å². The molecule has 0 bridgehead atoms. The maximum Gasteiger partial charge on any atom is 0.217 e. The lowest BCUT2D eigenvalue weighted by atomic mass is 10.2. The SMILES string of the molecule is Cn1nc(-c2ccccn2)n(N2CCCCC2)c1=S. The van der Waals surface area contributed by atoms with Crippen LogP contribution in [-0.2, 0) is 7.05 Å². The van der Waals surface area contributed by atoms with Gasteiger partial charge in [-0.2, -0.15) is 0 Å². The van der Waals surface area contributed by atoms with Gasteiger partial charge in [0.15, 0.2) is 5.82 Å². The lowest BCUT2D eigenvalue weighted by Crippen LogP contribution is -2.39. The molecule has 3 rings (SSSR count). The third-order valence-corrected chi connectivity index (χ3v) is 3.85. The summed E-state index contributed by atoms with van der Waals surface area (Å²) in [6, 6.07) is 5.85. The van der Waals surface area contributed by atoms with Gasteiger partial charge in [-0.25, -0.2) is 9.36 Å². The van der Waals surface area contributed by atoms with Crippen molar-refractivity contribution in [2.45, 2.75) is 19.3 Å². The first-order chi connectivity index (χ1) is 9.27. The van der Waals surface area contributed by atoms with Crippen molar-refractivity contribution >= 4 is 12.2 Å². The average Bonchev–Trinajstić information content (AvgIpc) is 2.77. The first-order valence-electron chi connectivity index (χ1n) is 6.60. The van der Waals surface area contributed by atoms with Crippen LogP contribution < -0.4 is 5.01 Å². The van der Waals surface area contributed by atoms with Crippen molar-refractivity contribution < 1.29 is 0 Å². The quantitative estimate of drug-likeness (QED) is 0.787. The minimum absolute atomic E-state index is 0.725. The molecule has 0 spiro atoms. The molecule has 6 heteroatoms. The van der Waals surface area contributed by atoms with Crippen molar-refractivity contribution in [1.82, 2.24) is 19.4 Å². The van der Waals surface area contributed by atoms with E-state index in [4.69, 9.17) is 12.2 Å². The third-order valence-electron chi connectivity index (χ3n) is 3.41. The Kier molecular flexibility index (Phi) is 3.33. The van der Waals surface area contributed by atoms with E-state index in [0.29, 0.717) is 0 Å². The van der Waals surface area contributed by atoms with Crippen LogP contribution in [0.1, 0.15) is 19.3 Å². The Hall–Kier alpha value is -1.69. The van der Waals surface area contributed by atoms with Gasteiger partial charge in [-0.05, 0) is 43.6 Å². The van der Waals surface area contributed by atoms with E-state index >= 15 is 0 Å². The highest BCUT2D eigenvalue weighted by Crippen LogP contribution is 2.18. The van der Waals surface area contributed by atoms with Crippen LogP contribution in [-0.4, -0.2) is 32.5 Å². The van der Waals surface area contributed by atoms with Crippen LogP contribution in [0.2, 0.25) is 0 Å². The molecule has 0 amide bonds. The highest BCUT2D eigenvalue weighted by atomic mass is 32.1. The van der Waals surface area contributed by atoms with Gasteiger partial charge in [0.25, 0.3) is 0 Å². The molecule has 0 aliphatic carbocycles. The zero-order valence-electron chi connectivity index (χ0n) is 11.0. The van der Waals surface area contributed by atoms with Gasteiger partial charge in [0.1, 0.15) is 5.69 Å². The third kappa shape index (κ3) is 2.28. The second-order valence-corrected chi connectivity index (χ2v) is 5.14. The Morgan fingerprint density at radius 3 is 2.63 bits per heavy atom. The lowest BCUT2D eigenvalue weighted by Gasteiger charge is -2.29. The zero-order chi connectivity index (χ0) is 13.2. The lowest BCUT2D eigenvalue weighted by molar-refractivity contribution is 0.475. The molecule has 0 atom stereocenters.